The van der Waals surface area contributed by atoms with Gasteiger partial charge in [0.25, 0.3) is 0 Å². The molecule has 1 amide bonds. The number of piperazine rings is 1. The summed E-state index contributed by atoms with van der Waals surface area (Å²) in [6, 6.07) is 16.6. The third kappa shape index (κ3) is 4.97. The van der Waals surface area contributed by atoms with Gasteiger partial charge in [-0.15, -0.1) is 0 Å². The Bertz CT molecular complexity index is 744. The first kappa shape index (κ1) is 19.1. The smallest absolute Gasteiger partial charge is 0.227 e. The molecule has 0 bridgehead atoms. The number of likely N-dealkylation sites (tertiary alicyclic amines) is 1. The Kier molecular flexibility index (Phi) is 6.34. The number of piperidine rings is 1. The van der Waals surface area contributed by atoms with Gasteiger partial charge in [0.2, 0.25) is 5.91 Å². The van der Waals surface area contributed by atoms with Crippen molar-refractivity contribution in [1.29, 1.82) is 0 Å². The number of rotatable bonds is 5. The van der Waals surface area contributed by atoms with Crippen molar-refractivity contribution in [3.05, 3.63) is 66.0 Å². The summed E-state index contributed by atoms with van der Waals surface area (Å²) >= 11 is 0. The first-order valence-electron chi connectivity index (χ1n) is 10.5. The molecule has 1 aromatic carbocycles. The standard InChI is InChI=1S/C23H30N4O/c28-23(21-9-6-12-26(18-21)19-22-10-4-5-11-24-22)27-15-13-25(14-16-27)17-20-7-2-1-3-8-20/h1-5,7-8,10-11,21H,6,9,12-19H2. The molecule has 1 unspecified atom stereocenters. The fourth-order valence-corrected chi connectivity index (χ4v) is 4.35. The van der Waals surface area contributed by atoms with Gasteiger partial charge >= 0.3 is 0 Å². The number of hydrogen-bond donors (Lipinski definition) is 0. The van der Waals surface area contributed by atoms with E-state index in [0.717, 1.165) is 70.9 Å². The first-order chi connectivity index (χ1) is 13.8. The highest BCUT2D eigenvalue weighted by molar-refractivity contribution is 5.79. The van der Waals surface area contributed by atoms with Crippen molar-refractivity contribution in [1.82, 2.24) is 19.7 Å². The lowest BCUT2D eigenvalue weighted by Crippen LogP contribution is -2.52. The fourth-order valence-electron chi connectivity index (χ4n) is 4.35. The van der Waals surface area contributed by atoms with E-state index in [9.17, 15) is 4.79 Å². The van der Waals surface area contributed by atoms with Crippen LogP contribution in [0.4, 0.5) is 0 Å². The van der Waals surface area contributed by atoms with Gasteiger partial charge in [0, 0.05) is 52.0 Å². The Balaban J connectivity index is 1.26. The van der Waals surface area contributed by atoms with Crippen LogP contribution in [-0.2, 0) is 17.9 Å². The molecule has 2 aliphatic rings. The van der Waals surface area contributed by atoms with Crippen LogP contribution in [0.5, 0.6) is 0 Å². The summed E-state index contributed by atoms with van der Waals surface area (Å²) < 4.78 is 0. The summed E-state index contributed by atoms with van der Waals surface area (Å²) in [5, 5.41) is 0. The van der Waals surface area contributed by atoms with E-state index in [2.05, 4.69) is 56.1 Å². The van der Waals surface area contributed by atoms with E-state index in [-0.39, 0.29) is 5.92 Å². The second kappa shape index (κ2) is 9.30. The second-order valence-electron chi connectivity index (χ2n) is 7.98. The van der Waals surface area contributed by atoms with Gasteiger partial charge in [0.15, 0.2) is 0 Å². The van der Waals surface area contributed by atoms with Crippen molar-refractivity contribution in [2.24, 2.45) is 5.92 Å². The number of carbonyl (C=O) groups excluding carboxylic acids is 1. The molecule has 5 nitrogen and oxygen atoms in total. The number of carbonyl (C=O) groups is 1. The van der Waals surface area contributed by atoms with Gasteiger partial charge in [-0.05, 0) is 37.1 Å². The fraction of sp³-hybridized carbons (Fsp3) is 0.478. The molecule has 0 N–H and O–H groups in total. The first-order valence-corrected chi connectivity index (χ1v) is 10.5. The van der Waals surface area contributed by atoms with Crippen LogP contribution in [0.3, 0.4) is 0 Å². The minimum atomic E-state index is 0.137. The number of hydrogen-bond acceptors (Lipinski definition) is 4. The molecule has 2 aromatic rings. The molecular formula is C23H30N4O. The molecule has 0 saturated carbocycles. The third-order valence-electron chi connectivity index (χ3n) is 5.90. The number of amides is 1. The molecule has 1 aromatic heterocycles. The lowest BCUT2D eigenvalue weighted by atomic mass is 9.96. The van der Waals surface area contributed by atoms with Crippen LogP contribution in [0.25, 0.3) is 0 Å². The van der Waals surface area contributed by atoms with E-state index >= 15 is 0 Å². The molecule has 3 heterocycles. The zero-order valence-electron chi connectivity index (χ0n) is 16.5. The van der Waals surface area contributed by atoms with Crippen LogP contribution in [0.15, 0.2) is 54.7 Å². The van der Waals surface area contributed by atoms with Gasteiger partial charge in [-0.2, -0.15) is 0 Å². The average Bonchev–Trinajstić information content (AvgIpc) is 2.75. The molecular weight excluding hydrogens is 348 g/mol. The largest absolute Gasteiger partial charge is 0.340 e. The van der Waals surface area contributed by atoms with Crippen molar-refractivity contribution < 1.29 is 4.79 Å². The lowest BCUT2D eigenvalue weighted by Gasteiger charge is -2.39. The quantitative estimate of drug-likeness (QED) is 0.802. The van der Waals surface area contributed by atoms with Crippen LogP contribution in [0.1, 0.15) is 24.1 Å². The molecule has 0 spiro atoms. The van der Waals surface area contributed by atoms with E-state index in [1.807, 2.05) is 18.3 Å². The van der Waals surface area contributed by atoms with Crippen LogP contribution in [0, 0.1) is 5.92 Å². The van der Waals surface area contributed by atoms with Gasteiger partial charge in [-0.1, -0.05) is 36.4 Å². The summed E-state index contributed by atoms with van der Waals surface area (Å²) in [6.07, 6.45) is 3.95. The SMILES string of the molecule is O=C(C1CCCN(Cc2ccccn2)C1)N1CCN(Cc2ccccc2)CC1. The molecule has 1 atom stereocenters. The summed E-state index contributed by atoms with van der Waals surface area (Å²) in [5.41, 5.74) is 2.44. The maximum atomic E-state index is 13.1. The van der Waals surface area contributed by atoms with E-state index in [1.54, 1.807) is 0 Å². The van der Waals surface area contributed by atoms with Crippen LogP contribution in [-0.4, -0.2) is 64.9 Å². The van der Waals surface area contributed by atoms with Crippen molar-refractivity contribution in [3.8, 4) is 0 Å². The number of nitrogens with zero attached hydrogens (tertiary/aromatic N) is 4. The average molecular weight is 379 g/mol. The summed E-state index contributed by atoms with van der Waals surface area (Å²) in [5.74, 6) is 0.489. The summed E-state index contributed by atoms with van der Waals surface area (Å²) in [6.45, 7) is 7.37. The molecule has 0 aliphatic carbocycles. The van der Waals surface area contributed by atoms with E-state index < -0.39 is 0 Å². The summed E-state index contributed by atoms with van der Waals surface area (Å²) in [4.78, 5) is 24.4. The van der Waals surface area contributed by atoms with Gasteiger partial charge in [0.05, 0.1) is 11.6 Å². The lowest BCUT2D eigenvalue weighted by molar-refractivity contribution is -0.139. The van der Waals surface area contributed by atoms with Crippen molar-refractivity contribution in [3.63, 3.8) is 0 Å². The Morgan fingerprint density at radius 1 is 0.893 bits per heavy atom. The Morgan fingerprint density at radius 2 is 1.68 bits per heavy atom. The highest BCUT2D eigenvalue weighted by atomic mass is 16.2. The molecule has 5 heteroatoms. The van der Waals surface area contributed by atoms with Crippen LogP contribution in [0.2, 0.25) is 0 Å². The highest BCUT2D eigenvalue weighted by Gasteiger charge is 2.31. The van der Waals surface area contributed by atoms with Crippen LogP contribution < -0.4 is 0 Å². The zero-order chi connectivity index (χ0) is 19.2. The van der Waals surface area contributed by atoms with Crippen molar-refractivity contribution >= 4 is 5.91 Å². The monoisotopic (exact) mass is 378 g/mol. The predicted octanol–water partition coefficient (Wildman–Crippen LogP) is 2.64. The van der Waals surface area contributed by atoms with Crippen LogP contribution >= 0.6 is 0 Å². The normalized spacial score (nSPS) is 21.6. The van der Waals surface area contributed by atoms with Gasteiger partial charge in [-0.3, -0.25) is 19.6 Å². The van der Waals surface area contributed by atoms with Crippen molar-refractivity contribution in [2.45, 2.75) is 25.9 Å². The minimum Gasteiger partial charge on any atom is -0.340 e. The molecule has 2 saturated heterocycles. The molecule has 2 aliphatic heterocycles. The minimum absolute atomic E-state index is 0.137. The number of pyridine rings is 1. The predicted molar refractivity (Wildman–Crippen MR) is 111 cm³/mol. The topological polar surface area (TPSA) is 39.7 Å². The zero-order valence-corrected chi connectivity index (χ0v) is 16.5. The number of benzene rings is 1. The van der Waals surface area contributed by atoms with E-state index in [4.69, 9.17) is 0 Å². The molecule has 4 rings (SSSR count). The third-order valence-corrected chi connectivity index (χ3v) is 5.90. The Hall–Kier alpha value is -2.24. The molecule has 0 radical (unpaired) electrons. The maximum Gasteiger partial charge on any atom is 0.227 e. The maximum absolute atomic E-state index is 13.1. The van der Waals surface area contributed by atoms with E-state index in [1.165, 1.54) is 5.56 Å². The van der Waals surface area contributed by atoms with E-state index in [0.29, 0.717) is 5.91 Å². The highest BCUT2D eigenvalue weighted by Crippen LogP contribution is 2.21. The summed E-state index contributed by atoms with van der Waals surface area (Å²) in [7, 11) is 0. The van der Waals surface area contributed by atoms with Crippen molar-refractivity contribution in [2.75, 3.05) is 39.3 Å². The Morgan fingerprint density at radius 3 is 2.43 bits per heavy atom. The van der Waals surface area contributed by atoms with Gasteiger partial charge in [-0.25, -0.2) is 0 Å². The Labute approximate surface area is 168 Å². The second-order valence-corrected chi connectivity index (χ2v) is 7.98. The van der Waals surface area contributed by atoms with Gasteiger partial charge < -0.3 is 4.90 Å². The molecule has 148 valence electrons. The number of aromatic nitrogens is 1. The van der Waals surface area contributed by atoms with Gasteiger partial charge in [0.1, 0.15) is 0 Å². The molecule has 2 fully saturated rings. The molecule has 28 heavy (non-hydrogen) atoms.